The van der Waals surface area contributed by atoms with E-state index < -0.39 is 10.8 Å². The van der Waals surface area contributed by atoms with Crippen molar-refractivity contribution in [2.75, 3.05) is 12.4 Å². The van der Waals surface area contributed by atoms with Gasteiger partial charge in [-0.05, 0) is 66.4 Å². The van der Waals surface area contributed by atoms with Crippen molar-refractivity contribution in [3.8, 4) is 17.6 Å². The smallest absolute Gasteiger partial charge is 0.269 e. The van der Waals surface area contributed by atoms with Crippen LogP contribution in [0.1, 0.15) is 22.3 Å². The number of anilines is 1. The van der Waals surface area contributed by atoms with Crippen LogP contribution >= 0.6 is 11.6 Å². The number of nitrogens with one attached hydrogen (secondary N) is 1. The number of ether oxygens (including phenoxy) is 2. The first-order valence-electron chi connectivity index (χ1n) is 10.5. The van der Waals surface area contributed by atoms with Gasteiger partial charge in [0.05, 0.1) is 17.1 Å². The molecule has 3 aromatic carbocycles. The standard InChI is InChI=1S/C26H22ClN3O5/c1-16-7-8-21(9-17(16)2)29-26(31)20(14-28)10-19-12-23(27)25(24(13-19)34-3)35-15-18-5-4-6-22(11-18)30(32)33/h4-13H,15H2,1-3H3,(H,29,31)/b20-10+. The van der Waals surface area contributed by atoms with Crippen LogP contribution in [0.15, 0.2) is 60.2 Å². The third-order valence-electron chi connectivity index (χ3n) is 5.20. The summed E-state index contributed by atoms with van der Waals surface area (Å²) in [5, 5.41) is 23.4. The molecule has 0 spiro atoms. The van der Waals surface area contributed by atoms with Crippen LogP contribution in [0.3, 0.4) is 0 Å². The van der Waals surface area contributed by atoms with Crippen LogP contribution in [-0.4, -0.2) is 17.9 Å². The third-order valence-corrected chi connectivity index (χ3v) is 5.48. The summed E-state index contributed by atoms with van der Waals surface area (Å²) in [4.78, 5) is 23.1. The fraction of sp³-hybridized carbons (Fsp3) is 0.154. The van der Waals surface area contributed by atoms with Gasteiger partial charge in [0.2, 0.25) is 0 Å². The number of hydrogen-bond acceptors (Lipinski definition) is 6. The van der Waals surface area contributed by atoms with Gasteiger partial charge in [0, 0.05) is 17.8 Å². The molecule has 1 amide bonds. The number of methoxy groups -OCH3 is 1. The van der Waals surface area contributed by atoms with Crippen molar-refractivity contribution in [2.45, 2.75) is 20.5 Å². The molecule has 3 rings (SSSR count). The lowest BCUT2D eigenvalue weighted by Gasteiger charge is -2.14. The first-order valence-corrected chi connectivity index (χ1v) is 10.8. The highest BCUT2D eigenvalue weighted by atomic mass is 35.5. The Bertz CT molecular complexity index is 1360. The minimum atomic E-state index is -0.558. The van der Waals surface area contributed by atoms with Crippen molar-refractivity contribution in [1.82, 2.24) is 0 Å². The summed E-state index contributed by atoms with van der Waals surface area (Å²) in [5.41, 5.74) is 3.56. The molecule has 0 aliphatic carbocycles. The second-order valence-corrected chi connectivity index (χ2v) is 8.08. The van der Waals surface area contributed by atoms with Crippen LogP contribution in [-0.2, 0) is 11.4 Å². The van der Waals surface area contributed by atoms with E-state index in [1.54, 1.807) is 24.3 Å². The van der Waals surface area contributed by atoms with Gasteiger partial charge in [0.25, 0.3) is 11.6 Å². The maximum Gasteiger partial charge on any atom is 0.269 e. The van der Waals surface area contributed by atoms with E-state index in [-0.39, 0.29) is 34.4 Å². The van der Waals surface area contributed by atoms with Crippen LogP contribution in [0, 0.1) is 35.3 Å². The molecule has 9 heteroatoms. The second-order valence-electron chi connectivity index (χ2n) is 7.67. The van der Waals surface area contributed by atoms with Gasteiger partial charge in [0.15, 0.2) is 11.5 Å². The zero-order chi connectivity index (χ0) is 25.5. The van der Waals surface area contributed by atoms with E-state index in [9.17, 15) is 20.2 Å². The highest BCUT2D eigenvalue weighted by molar-refractivity contribution is 6.32. The Kier molecular flexibility index (Phi) is 8.08. The molecule has 0 aliphatic heterocycles. The number of halogens is 1. The lowest BCUT2D eigenvalue weighted by Crippen LogP contribution is -2.13. The van der Waals surface area contributed by atoms with Crippen LogP contribution in [0.2, 0.25) is 5.02 Å². The summed E-state index contributed by atoms with van der Waals surface area (Å²) in [7, 11) is 1.43. The number of nitrogens with zero attached hydrogens (tertiary/aromatic N) is 2. The summed E-state index contributed by atoms with van der Waals surface area (Å²) < 4.78 is 11.2. The van der Waals surface area contributed by atoms with Gasteiger partial charge in [-0.25, -0.2) is 0 Å². The molecule has 0 atom stereocenters. The van der Waals surface area contributed by atoms with Gasteiger partial charge in [-0.1, -0.05) is 29.8 Å². The van der Waals surface area contributed by atoms with Gasteiger partial charge in [-0.3, -0.25) is 14.9 Å². The normalized spacial score (nSPS) is 10.9. The molecular formula is C26H22ClN3O5. The lowest BCUT2D eigenvalue weighted by atomic mass is 10.1. The molecule has 0 unspecified atom stereocenters. The quantitative estimate of drug-likeness (QED) is 0.179. The molecule has 1 N–H and O–H groups in total. The molecule has 35 heavy (non-hydrogen) atoms. The SMILES string of the molecule is COc1cc(/C=C(\C#N)C(=O)Nc2ccc(C)c(C)c2)cc(Cl)c1OCc1cccc([N+](=O)[O-])c1. The van der Waals surface area contributed by atoms with Crippen LogP contribution in [0.5, 0.6) is 11.5 Å². The van der Waals surface area contributed by atoms with E-state index in [2.05, 4.69) is 5.32 Å². The minimum absolute atomic E-state index is 0.0226. The number of nitro groups is 1. The molecule has 0 aliphatic rings. The summed E-state index contributed by atoms with van der Waals surface area (Å²) in [6, 6.07) is 16.6. The average Bonchev–Trinajstić information content (AvgIpc) is 2.83. The number of aryl methyl sites for hydroxylation is 2. The first kappa shape index (κ1) is 25.3. The molecule has 0 heterocycles. The van der Waals surface area contributed by atoms with Gasteiger partial charge in [-0.2, -0.15) is 5.26 Å². The summed E-state index contributed by atoms with van der Waals surface area (Å²) >= 11 is 6.40. The highest BCUT2D eigenvalue weighted by Crippen LogP contribution is 2.37. The summed E-state index contributed by atoms with van der Waals surface area (Å²) in [6.45, 7) is 3.92. The molecule has 0 aromatic heterocycles. The Morgan fingerprint density at radius 1 is 1.17 bits per heavy atom. The van der Waals surface area contributed by atoms with Gasteiger partial charge < -0.3 is 14.8 Å². The second kappa shape index (κ2) is 11.2. The number of nitriles is 1. The molecule has 0 fully saturated rings. The zero-order valence-electron chi connectivity index (χ0n) is 19.3. The van der Waals surface area contributed by atoms with Crippen molar-refractivity contribution in [3.05, 3.63) is 97.6 Å². The number of nitro benzene ring substituents is 1. The topological polar surface area (TPSA) is 114 Å². The first-order chi connectivity index (χ1) is 16.7. The number of benzene rings is 3. The molecular weight excluding hydrogens is 470 g/mol. The van der Waals surface area contributed by atoms with E-state index in [1.165, 1.54) is 31.4 Å². The van der Waals surface area contributed by atoms with E-state index in [0.29, 0.717) is 16.8 Å². The number of hydrogen-bond donors (Lipinski definition) is 1. The van der Waals surface area contributed by atoms with E-state index >= 15 is 0 Å². The minimum Gasteiger partial charge on any atom is -0.493 e. The molecule has 8 nitrogen and oxygen atoms in total. The lowest BCUT2D eigenvalue weighted by molar-refractivity contribution is -0.384. The number of non-ortho nitro benzene ring substituents is 1. The third kappa shape index (κ3) is 6.37. The number of carbonyl (C=O) groups excluding carboxylic acids is 1. The fourth-order valence-corrected chi connectivity index (χ4v) is 3.49. The van der Waals surface area contributed by atoms with Crippen molar-refractivity contribution in [1.29, 1.82) is 5.26 Å². The fourth-order valence-electron chi connectivity index (χ4n) is 3.21. The van der Waals surface area contributed by atoms with Crippen molar-refractivity contribution >= 4 is 35.0 Å². The highest BCUT2D eigenvalue weighted by Gasteiger charge is 2.15. The van der Waals surface area contributed by atoms with E-state index in [1.807, 2.05) is 32.0 Å². The number of rotatable bonds is 8. The molecule has 0 saturated heterocycles. The largest absolute Gasteiger partial charge is 0.493 e. The Morgan fingerprint density at radius 2 is 1.94 bits per heavy atom. The summed E-state index contributed by atoms with van der Waals surface area (Å²) in [6.07, 6.45) is 1.40. The predicted molar refractivity (Wildman–Crippen MR) is 134 cm³/mol. The Labute approximate surface area is 207 Å². The van der Waals surface area contributed by atoms with E-state index in [0.717, 1.165) is 11.1 Å². The van der Waals surface area contributed by atoms with E-state index in [4.69, 9.17) is 21.1 Å². The molecule has 0 radical (unpaired) electrons. The number of amides is 1. The van der Waals surface area contributed by atoms with Gasteiger partial charge in [0.1, 0.15) is 18.2 Å². The van der Waals surface area contributed by atoms with Gasteiger partial charge >= 0.3 is 0 Å². The van der Waals surface area contributed by atoms with Crippen molar-refractivity contribution < 1.29 is 19.2 Å². The van der Waals surface area contributed by atoms with Crippen LogP contribution in [0.4, 0.5) is 11.4 Å². The Hall–Kier alpha value is -4.35. The molecule has 0 saturated carbocycles. The van der Waals surface area contributed by atoms with Crippen LogP contribution in [0.25, 0.3) is 6.08 Å². The maximum absolute atomic E-state index is 12.6. The van der Waals surface area contributed by atoms with Crippen molar-refractivity contribution in [2.24, 2.45) is 0 Å². The average molecular weight is 492 g/mol. The molecule has 3 aromatic rings. The molecule has 0 bridgehead atoms. The number of carbonyl (C=O) groups is 1. The monoisotopic (exact) mass is 491 g/mol. The van der Waals surface area contributed by atoms with Crippen LogP contribution < -0.4 is 14.8 Å². The Balaban J connectivity index is 1.82. The summed E-state index contributed by atoms with van der Waals surface area (Å²) in [5.74, 6) is -0.0474. The predicted octanol–water partition coefficient (Wildman–Crippen LogP) is 6.00. The molecule has 178 valence electrons. The van der Waals surface area contributed by atoms with Crippen molar-refractivity contribution in [3.63, 3.8) is 0 Å². The Morgan fingerprint density at radius 3 is 2.60 bits per heavy atom. The van der Waals surface area contributed by atoms with Gasteiger partial charge in [-0.15, -0.1) is 0 Å². The zero-order valence-corrected chi connectivity index (χ0v) is 20.1. The maximum atomic E-state index is 12.6.